The number of hydrogen-bond acceptors (Lipinski definition) is 5. The Hall–Kier alpha value is -2.40. The molecule has 2 aromatic rings. The quantitative estimate of drug-likeness (QED) is 0.932. The van der Waals surface area contributed by atoms with Gasteiger partial charge in [0.25, 0.3) is 0 Å². The van der Waals surface area contributed by atoms with E-state index in [1.54, 1.807) is 11.3 Å². The molecule has 2 N–H and O–H groups in total. The van der Waals surface area contributed by atoms with Gasteiger partial charge in [-0.25, -0.2) is 14.9 Å². The van der Waals surface area contributed by atoms with Gasteiger partial charge in [0.05, 0.1) is 0 Å². The Kier molecular flexibility index (Phi) is 3.58. The van der Waals surface area contributed by atoms with Crippen molar-refractivity contribution in [1.29, 1.82) is 0 Å². The van der Waals surface area contributed by atoms with Gasteiger partial charge in [0.2, 0.25) is 11.7 Å². The third-order valence-corrected chi connectivity index (χ3v) is 5.53. The fourth-order valence-electron chi connectivity index (χ4n) is 4.29. The van der Waals surface area contributed by atoms with Crippen LogP contribution in [0, 0.1) is 5.41 Å². The molecular formula is C20H24N4O. The van der Waals surface area contributed by atoms with Crippen LogP contribution in [0.5, 0.6) is 0 Å². The molecule has 2 unspecified atom stereocenters. The first kappa shape index (κ1) is 16.1. The zero-order valence-electron chi connectivity index (χ0n) is 15.0. The lowest BCUT2D eigenvalue weighted by Gasteiger charge is -2.38. The Bertz CT molecular complexity index is 835. The van der Waals surface area contributed by atoms with Crippen LogP contribution in [0.4, 0.5) is 0 Å². The Morgan fingerprint density at radius 3 is 2.76 bits per heavy atom. The smallest absolute Gasteiger partial charge is 0.220 e. The SMILES string of the molecule is CCCC1(C)Cc2ccc(-c3cccnc3)cc2C12N=C(N)N(C)O2. The van der Waals surface area contributed by atoms with E-state index in [9.17, 15) is 0 Å². The summed E-state index contributed by atoms with van der Waals surface area (Å²) in [6, 6.07) is 10.6. The van der Waals surface area contributed by atoms with Crippen LogP contribution >= 0.6 is 0 Å². The average Bonchev–Trinajstić information content (AvgIpc) is 3.03. The van der Waals surface area contributed by atoms with Gasteiger partial charge in [-0.15, -0.1) is 0 Å². The van der Waals surface area contributed by atoms with Crippen LogP contribution < -0.4 is 5.73 Å². The lowest BCUT2D eigenvalue weighted by atomic mass is 9.76. The van der Waals surface area contributed by atoms with Crippen molar-refractivity contribution >= 4 is 5.96 Å². The van der Waals surface area contributed by atoms with Gasteiger partial charge in [-0.3, -0.25) is 4.98 Å². The number of benzene rings is 1. The van der Waals surface area contributed by atoms with E-state index in [2.05, 4.69) is 43.1 Å². The van der Waals surface area contributed by atoms with Gasteiger partial charge < -0.3 is 5.73 Å². The summed E-state index contributed by atoms with van der Waals surface area (Å²) in [7, 11) is 1.82. The van der Waals surface area contributed by atoms with E-state index >= 15 is 0 Å². The van der Waals surface area contributed by atoms with E-state index in [-0.39, 0.29) is 5.41 Å². The summed E-state index contributed by atoms with van der Waals surface area (Å²) in [6.07, 6.45) is 6.71. The van der Waals surface area contributed by atoms with Gasteiger partial charge in [0.1, 0.15) is 0 Å². The van der Waals surface area contributed by atoms with Gasteiger partial charge in [-0.1, -0.05) is 38.5 Å². The normalized spacial score (nSPS) is 27.6. The second-order valence-electron chi connectivity index (χ2n) is 7.30. The van der Waals surface area contributed by atoms with Crippen molar-refractivity contribution in [2.45, 2.75) is 38.8 Å². The molecule has 5 heteroatoms. The second kappa shape index (κ2) is 5.56. The maximum absolute atomic E-state index is 6.30. The number of rotatable bonds is 3. The van der Waals surface area contributed by atoms with E-state index in [0.717, 1.165) is 36.0 Å². The zero-order chi connectivity index (χ0) is 17.7. The van der Waals surface area contributed by atoms with E-state index in [0.29, 0.717) is 5.96 Å². The third kappa shape index (κ3) is 2.26. The summed E-state index contributed by atoms with van der Waals surface area (Å²) >= 11 is 0. The molecule has 4 rings (SSSR count). The predicted molar refractivity (Wildman–Crippen MR) is 98.5 cm³/mol. The minimum absolute atomic E-state index is 0.118. The van der Waals surface area contributed by atoms with Gasteiger partial charge in [-0.05, 0) is 41.7 Å². The summed E-state index contributed by atoms with van der Waals surface area (Å²) in [4.78, 5) is 15.4. The summed E-state index contributed by atoms with van der Waals surface area (Å²) in [5.41, 5.74) is 9.86. The number of aromatic nitrogens is 1. The Labute approximate surface area is 148 Å². The van der Waals surface area contributed by atoms with Crippen LogP contribution in [0.1, 0.15) is 37.8 Å². The highest BCUT2D eigenvalue weighted by Crippen LogP contribution is 2.58. The van der Waals surface area contributed by atoms with Crippen molar-refractivity contribution in [1.82, 2.24) is 10.0 Å². The van der Waals surface area contributed by atoms with E-state index in [1.165, 1.54) is 5.56 Å². The summed E-state index contributed by atoms with van der Waals surface area (Å²) in [6.45, 7) is 4.46. The Balaban J connectivity index is 1.88. The molecule has 25 heavy (non-hydrogen) atoms. The average molecular weight is 336 g/mol. The van der Waals surface area contributed by atoms with E-state index in [4.69, 9.17) is 15.6 Å². The number of aliphatic imine (C=N–C) groups is 1. The molecule has 0 amide bonds. The molecule has 0 fully saturated rings. The molecule has 0 saturated heterocycles. The maximum Gasteiger partial charge on any atom is 0.220 e. The number of hydroxylamine groups is 2. The van der Waals surface area contributed by atoms with Gasteiger partial charge in [0.15, 0.2) is 0 Å². The van der Waals surface area contributed by atoms with E-state index in [1.807, 2.05) is 19.3 Å². The zero-order valence-corrected chi connectivity index (χ0v) is 15.0. The standard InChI is InChI=1S/C20H24N4O/c1-4-9-19(2)12-15-8-7-14(16-6-5-10-22-13-16)11-17(15)20(19)23-18(21)24(3)25-20/h5-8,10-11,13H,4,9,12H2,1-3H3,(H2,21,23). The van der Waals surface area contributed by atoms with Crippen LogP contribution in [0.15, 0.2) is 47.7 Å². The van der Waals surface area contributed by atoms with Crippen LogP contribution in [0.3, 0.4) is 0 Å². The molecule has 2 aliphatic rings. The molecule has 130 valence electrons. The highest BCUT2D eigenvalue weighted by atomic mass is 16.7. The van der Waals surface area contributed by atoms with Crippen LogP contribution in [-0.4, -0.2) is 23.1 Å². The van der Waals surface area contributed by atoms with Crippen molar-refractivity contribution in [3.63, 3.8) is 0 Å². The van der Waals surface area contributed by atoms with Crippen molar-refractivity contribution in [3.05, 3.63) is 53.9 Å². The molecule has 2 atom stereocenters. The van der Waals surface area contributed by atoms with Crippen molar-refractivity contribution in [3.8, 4) is 11.1 Å². The fraction of sp³-hybridized carbons (Fsp3) is 0.400. The molecule has 1 aromatic heterocycles. The number of guanidine groups is 1. The lowest BCUT2D eigenvalue weighted by molar-refractivity contribution is -0.219. The third-order valence-electron chi connectivity index (χ3n) is 5.53. The number of pyridine rings is 1. The minimum Gasteiger partial charge on any atom is -0.368 e. The fourth-order valence-corrected chi connectivity index (χ4v) is 4.29. The monoisotopic (exact) mass is 336 g/mol. The number of nitrogens with two attached hydrogens (primary N) is 1. The first-order valence-corrected chi connectivity index (χ1v) is 8.81. The van der Waals surface area contributed by atoms with E-state index < -0.39 is 5.72 Å². The molecule has 1 aliphatic heterocycles. The molecule has 1 spiro atoms. The minimum atomic E-state index is -0.741. The topological polar surface area (TPSA) is 63.7 Å². The summed E-state index contributed by atoms with van der Waals surface area (Å²) in [5, 5.41) is 1.60. The lowest BCUT2D eigenvalue weighted by Crippen LogP contribution is -2.41. The molecule has 0 radical (unpaired) electrons. The highest BCUT2D eigenvalue weighted by molar-refractivity contribution is 5.79. The van der Waals surface area contributed by atoms with Gasteiger partial charge in [-0.2, -0.15) is 0 Å². The molecular weight excluding hydrogens is 312 g/mol. The largest absolute Gasteiger partial charge is 0.368 e. The van der Waals surface area contributed by atoms with Crippen molar-refractivity contribution < 1.29 is 4.84 Å². The molecule has 0 saturated carbocycles. The van der Waals surface area contributed by atoms with Crippen molar-refractivity contribution in [2.24, 2.45) is 16.1 Å². The van der Waals surface area contributed by atoms with Crippen LogP contribution in [-0.2, 0) is 17.0 Å². The summed E-state index contributed by atoms with van der Waals surface area (Å²) < 4.78 is 0. The Morgan fingerprint density at radius 1 is 1.28 bits per heavy atom. The molecule has 5 nitrogen and oxygen atoms in total. The predicted octanol–water partition coefficient (Wildman–Crippen LogP) is 3.46. The van der Waals surface area contributed by atoms with Crippen LogP contribution in [0.2, 0.25) is 0 Å². The van der Waals surface area contributed by atoms with Crippen molar-refractivity contribution in [2.75, 3.05) is 7.05 Å². The first-order chi connectivity index (χ1) is 12.0. The maximum atomic E-state index is 6.30. The molecule has 2 heterocycles. The van der Waals surface area contributed by atoms with Gasteiger partial charge >= 0.3 is 0 Å². The molecule has 1 aromatic carbocycles. The molecule has 0 bridgehead atoms. The van der Waals surface area contributed by atoms with Gasteiger partial charge in [0, 0.05) is 30.4 Å². The molecule has 1 aliphatic carbocycles. The summed E-state index contributed by atoms with van der Waals surface area (Å²) in [5.74, 6) is 0.432. The van der Waals surface area contributed by atoms with Crippen LogP contribution in [0.25, 0.3) is 11.1 Å². The number of hydrogen-bond donors (Lipinski definition) is 1. The number of fused-ring (bicyclic) bond motifs is 2. The first-order valence-electron chi connectivity index (χ1n) is 8.81. The second-order valence-corrected chi connectivity index (χ2v) is 7.30. The number of nitrogens with zero attached hydrogens (tertiary/aromatic N) is 3. The highest BCUT2D eigenvalue weighted by Gasteiger charge is 2.60. The Morgan fingerprint density at radius 2 is 2.12 bits per heavy atom.